The van der Waals surface area contributed by atoms with Crippen LogP contribution in [0.1, 0.15) is 0 Å². The van der Waals surface area contributed by atoms with Crippen molar-refractivity contribution in [2.24, 2.45) is 0 Å². The van der Waals surface area contributed by atoms with Crippen LogP contribution in [0.4, 0.5) is 0 Å². The molecule has 0 saturated heterocycles. The fourth-order valence-electron chi connectivity index (χ4n) is 3.15. The van der Waals surface area contributed by atoms with Crippen LogP contribution < -0.4 is 0 Å². The topological polar surface area (TPSA) is 44.5 Å². The average Bonchev–Trinajstić information content (AvgIpc) is 3.15. The molecule has 0 fully saturated rings. The molecular formula is C19H13N3. The van der Waals surface area contributed by atoms with Gasteiger partial charge in [0.2, 0.25) is 0 Å². The minimum atomic E-state index is 0.901. The number of hydrogen-bond acceptors (Lipinski definition) is 1. The Bertz CT molecular complexity index is 1100. The SMILES string of the molecule is c1ccc2[nH]c(-c3cccc4c3[nH]c3ccccc34)nc2c1. The van der Waals surface area contributed by atoms with E-state index >= 15 is 0 Å². The fourth-order valence-corrected chi connectivity index (χ4v) is 3.15. The molecule has 0 aliphatic heterocycles. The third-order valence-electron chi connectivity index (χ3n) is 4.19. The number of aromatic nitrogens is 3. The molecule has 5 rings (SSSR count). The van der Waals surface area contributed by atoms with Gasteiger partial charge < -0.3 is 9.97 Å². The van der Waals surface area contributed by atoms with Crippen molar-refractivity contribution in [3.05, 3.63) is 66.7 Å². The highest BCUT2D eigenvalue weighted by molar-refractivity contribution is 6.11. The van der Waals surface area contributed by atoms with Gasteiger partial charge in [-0.3, -0.25) is 0 Å². The summed E-state index contributed by atoms with van der Waals surface area (Å²) < 4.78 is 0. The largest absolute Gasteiger partial charge is 0.354 e. The number of para-hydroxylation sites is 4. The molecule has 0 amide bonds. The van der Waals surface area contributed by atoms with Crippen molar-refractivity contribution < 1.29 is 0 Å². The fraction of sp³-hybridized carbons (Fsp3) is 0. The normalized spacial score (nSPS) is 11.6. The molecule has 0 saturated carbocycles. The van der Waals surface area contributed by atoms with E-state index in [4.69, 9.17) is 4.98 Å². The number of benzene rings is 3. The summed E-state index contributed by atoms with van der Waals surface area (Å²) in [5.74, 6) is 0.901. The lowest BCUT2D eigenvalue weighted by atomic mass is 10.1. The van der Waals surface area contributed by atoms with Crippen LogP contribution >= 0.6 is 0 Å². The summed E-state index contributed by atoms with van der Waals surface area (Å²) in [5, 5.41) is 2.48. The molecule has 3 aromatic carbocycles. The second-order valence-corrected chi connectivity index (χ2v) is 5.50. The molecule has 3 nitrogen and oxygen atoms in total. The summed E-state index contributed by atoms with van der Waals surface area (Å²) >= 11 is 0. The van der Waals surface area contributed by atoms with E-state index in [9.17, 15) is 0 Å². The Morgan fingerprint density at radius 3 is 2.32 bits per heavy atom. The van der Waals surface area contributed by atoms with E-state index in [0.29, 0.717) is 0 Å². The average molecular weight is 283 g/mol. The third-order valence-corrected chi connectivity index (χ3v) is 4.19. The van der Waals surface area contributed by atoms with Gasteiger partial charge in [-0.25, -0.2) is 4.98 Å². The first-order valence-electron chi connectivity index (χ1n) is 7.35. The molecule has 5 aromatic rings. The second-order valence-electron chi connectivity index (χ2n) is 5.50. The maximum atomic E-state index is 4.73. The lowest BCUT2D eigenvalue weighted by Gasteiger charge is -1.99. The van der Waals surface area contributed by atoms with Crippen LogP contribution in [0.2, 0.25) is 0 Å². The lowest BCUT2D eigenvalue weighted by molar-refractivity contribution is 1.34. The van der Waals surface area contributed by atoms with Crippen LogP contribution in [-0.2, 0) is 0 Å². The van der Waals surface area contributed by atoms with Crippen molar-refractivity contribution in [1.82, 2.24) is 15.0 Å². The molecule has 3 heteroatoms. The molecule has 2 N–H and O–H groups in total. The van der Waals surface area contributed by atoms with Crippen molar-refractivity contribution in [3.63, 3.8) is 0 Å². The molecule has 0 unspecified atom stereocenters. The highest BCUT2D eigenvalue weighted by Crippen LogP contribution is 2.32. The van der Waals surface area contributed by atoms with E-state index < -0.39 is 0 Å². The van der Waals surface area contributed by atoms with Crippen LogP contribution in [0.3, 0.4) is 0 Å². The first-order chi connectivity index (χ1) is 10.9. The zero-order valence-electron chi connectivity index (χ0n) is 11.8. The summed E-state index contributed by atoms with van der Waals surface area (Å²) in [6.07, 6.45) is 0. The van der Waals surface area contributed by atoms with Gasteiger partial charge in [0.25, 0.3) is 0 Å². The Balaban J connectivity index is 1.87. The van der Waals surface area contributed by atoms with Crippen LogP contribution in [0.25, 0.3) is 44.2 Å². The van der Waals surface area contributed by atoms with E-state index in [0.717, 1.165) is 33.5 Å². The minimum absolute atomic E-state index is 0.901. The Kier molecular flexibility index (Phi) is 2.22. The molecule has 22 heavy (non-hydrogen) atoms. The van der Waals surface area contributed by atoms with Gasteiger partial charge in [-0.05, 0) is 24.3 Å². The van der Waals surface area contributed by atoms with E-state index in [1.807, 2.05) is 18.2 Å². The second kappa shape index (κ2) is 4.21. The maximum Gasteiger partial charge on any atom is 0.140 e. The van der Waals surface area contributed by atoms with Crippen LogP contribution in [0, 0.1) is 0 Å². The van der Waals surface area contributed by atoms with Gasteiger partial charge >= 0.3 is 0 Å². The maximum absolute atomic E-state index is 4.73. The molecule has 0 aliphatic rings. The van der Waals surface area contributed by atoms with Gasteiger partial charge in [-0.1, -0.05) is 42.5 Å². The molecule has 0 spiro atoms. The first kappa shape index (κ1) is 11.6. The Morgan fingerprint density at radius 1 is 0.636 bits per heavy atom. The van der Waals surface area contributed by atoms with Crippen LogP contribution in [0.15, 0.2) is 66.7 Å². The van der Waals surface area contributed by atoms with Gasteiger partial charge in [0.05, 0.1) is 16.6 Å². The quantitative estimate of drug-likeness (QED) is 0.453. The Hall–Kier alpha value is -3.07. The predicted molar refractivity (Wildman–Crippen MR) is 90.9 cm³/mol. The van der Waals surface area contributed by atoms with Gasteiger partial charge in [-0.2, -0.15) is 0 Å². The number of rotatable bonds is 1. The monoisotopic (exact) mass is 283 g/mol. The van der Waals surface area contributed by atoms with Crippen molar-refractivity contribution in [2.75, 3.05) is 0 Å². The van der Waals surface area contributed by atoms with E-state index in [1.165, 1.54) is 10.8 Å². The van der Waals surface area contributed by atoms with E-state index in [-0.39, 0.29) is 0 Å². The number of hydrogen-bond donors (Lipinski definition) is 2. The molecule has 0 atom stereocenters. The molecule has 104 valence electrons. The summed E-state index contributed by atoms with van der Waals surface area (Å²) in [6.45, 7) is 0. The summed E-state index contributed by atoms with van der Waals surface area (Å²) in [7, 11) is 0. The van der Waals surface area contributed by atoms with Gasteiger partial charge in [-0.15, -0.1) is 0 Å². The third kappa shape index (κ3) is 1.53. The Labute approximate surface area is 126 Å². The highest BCUT2D eigenvalue weighted by atomic mass is 14.9. The molecule has 0 radical (unpaired) electrons. The number of H-pyrrole nitrogens is 2. The zero-order chi connectivity index (χ0) is 14.5. The number of fused-ring (bicyclic) bond motifs is 4. The van der Waals surface area contributed by atoms with Gasteiger partial charge in [0.15, 0.2) is 0 Å². The molecule has 2 aromatic heterocycles. The molecule has 2 heterocycles. The smallest absolute Gasteiger partial charge is 0.140 e. The van der Waals surface area contributed by atoms with Crippen LogP contribution in [-0.4, -0.2) is 15.0 Å². The summed E-state index contributed by atoms with van der Waals surface area (Å²) in [4.78, 5) is 11.7. The van der Waals surface area contributed by atoms with Crippen molar-refractivity contribution in [3.8, 4) is 11.4 Å². The Morgan fingerprint density at radius 2 is 1.41 bits per heavy atom. The standard InChI is InChI=1S/C19H13N3/c1-2-9-15-12(6-1)13-7-5-8-14(18(13)20-15)19-21-16-10-3-4-11-17(16)22-19/h1-11,20H,(H,21,22). The molecule has 0 aliphatic carbocycles. The van der Waals surface area contributed by atoms with E-state index in [2.05, 4.69) is 58.5 Å². The van der Waals surface area contributed by atoms with Gasteiger partial charge in [0, 0.05) is 21.9 Å². The highest BCUT2D eigenvalue weighted by Gasteiger charge is 2.12. The summed E-state index contributed by atoms with van der Waals surface area (Å²) in [5.41, 5.74) is 5.44. The number of nitrogens with zero attached hydrogens (tertiary/aromatic N) is 1. The lowest BCUT2D eigenvalue weighted by Crippen LogP contribution is -1.82. The number of nitrogens with one attached hydrogen (secondary N) is 2. The summed E-state index contributed by atoms with van der Waals surface area (Å²) in [6, 6.07) is 22.8. The van der Waals surface area contributed by atoms with Gasteiger partial charge in [0.1, 0.15) is 5.82 Å². The molecular weight excluding hydrogens is 270 g/mol. The molecule has 0 bridgehead atoms. The van der Waals surface area contributed by atoms with Crippen LogP contribution in [0.5, 0.6) is 0 Å². The van der Waals surface area contributed by atoms with Crippen molar-refractivity contribution in [1.29, 1.82) is 0 Å². The number of aromatic amines is 2. The number of imidazole rings is 1. The first-order valence-corrected chi connectivity index (χ1v) is 7.35. The minimum Gasteiger partial charge on any atom is -0.354 e. The predicted octanol–water partition coefficient (Wildman–Crippen LogP) is 4.86. The van der Waals surface area contributed by atoms with Crippen molar-refractivity contribution >= 4 is 32.8 Å². The zero-order valence-corrected chi connectivity index (χ0v) is 11.8. The van der Waals surface area contributed by atoms with E-state index in [1.54, 1.807) is 0 Å². The van der Waals surface area contributed by atoms with Crippen molar-refractivity contribution in [2.45, 2.75) is 0 Å².